The summed E-state index contributed by atoms with van der Waals surface area (Å²) in [6.07, 6.45) is -2.06. The van der Waals surface area contributed by atoms with E-state index in [9.17, 15) is 13.2 Å². The van der Waals surface area contributed by atoms with Crippen LogP contribution in [-0.2, 0) is 0 Å². The Balaban J connectivity index is 2.32. The highest BCUT2D eigenvalue weighted by Gasteiger charge is 2.42. The normalized spacial score (nSPS) is 20.0. The third-order valence-electron chi connectivity index (χ3n) is 3.59. The number of pyridine rings is 1. The Morgan fingerprint density at radius 2 is 2.20 bits per heavy atom. The van der Waals surface area contributed by atoms with Crippen LogP contribution in [-0.4, -0.2) is 30.1 Å². The van der Waals surface area contributed by atoms with Gasteiger partial charge < -0.3 is 10.6 Å². The third-order valence-corrected chi connectivity index (χ3v) is 3.59. The van der Waals surface area contributed by atoms with Gasteiger partial charge in [-0.1, -0.05) is 0 Å². The van der Waals surface area contributed by atoms with E-state index in [1.165, 1.54) is 6.20 Å². The van der Waals surface area contributed by atoms with Gasteiger partial charge in [0.05, 0.1) is 11.5 Å². The van der Waals surface area contributed by atoms with E-state index in [1.807, 2.05) is 0 Å². The van der Waals surface area contributed by atoms with E-state index in [-0.39, 0.29) is 18.8 Å². The van der Waals surface area contributed by atoms with E-state index in [0.717, 1.165) is 5.56 Å². The van der Waals surface area contributed by atoms with Gasteiger partial charge in [-0.2, -0.15) is 13.2 Å². The minimum absolute atomic E-state index is 0.125. The standard InChI is InChI=1S/C13H17F3N4/c1-8-4-5-19-12(10(8)11(17)18)20-6-2-3-9(7-20)13(14,15)16/h4-5,9H,2-3,6-7H2,1H3,(H3,17,18). The molecule has 110 valence electrons. The lowest BCUT2D eigenvalue weighted by Crippen LogP contribution is -2.43. The van der Waals surface area contributed by atoms with Gasteiger partial charge in [-0.3, -0.25) is 5.41 Å². The van der Waals surface area contributed by atoms with Crippen LogP contribution in [0.3, 0.4) is 0 Å². The summed E-state index contributed by atoms with van der Waals surface area (Å²) in [7, 11) is 0. The molecule has 1 aliphatic heterocycles. The number of amidine groups is 1. The van der Waals surface area contributed by atoms with Gasteiger partial charge in [0, 0.05) is 19.3 Å². The average molecular weight is 286 g/mol. The maximum Gasteiger partial charge on any atom is 0.393 e. The number of nitrogens with two attached hydrogens (primary N) is 1. The first-order valence-electron chi connectivity index (χ1n) is 6.42. The van der Waals surface area contributed by atoms with E-state index in [2.05, 4.69) is 4.98 Å². The van der Waals surface area contributed by atoms with Crippen LogP contribution in [0.1, 0.15) is 24.0 Å². The molecule has 0 saturated carbocycles. The zero-order chi connectivity index (χ0) is 14.9. The Kier molecular flexibility index (Phi) is 3.87. The topological polar surface area (TPSA) is 66.0 Å². The quantitative estimate of drug-likeness (QED) is 0.648. The van der Waals surface area contributed by atoms with Crippen molar-refractivity contribution in [1.82, 2.24) is 4.98 Å². The van der Waals surface area contributed by atoms with E-state index in [4.69, 9.17) is 11.1 Å². The molecule has 0 aromatic carbocycles. The summed E-state index contributed by atoms with van der Waals surface area (Å²) >= 11 is 0. The Bertz CT molecular complexity index is 513. The smallest absolute Gasteiger partial charge is 0.384 e. The van der Waals surface area contributed by atoms with Crippen molar-refractivity contribution in [3.8, 4) is 0 Å². The second-order valence-electron chi connectivity index (χ2n) is 5.07. The van der Waals surface area contributed by atoms with Crippen molar-refractivity contribution >= 4 is 11.7 Å². The fourth-order valence-electron chi connectivity index (χ4n) is 2.55. The molecule has 0 aliphatic carbocycles. The molecule has 1 aromatic rings. The highest BCUT2D eigenvalue weighted by Crippen LogP contribution is 2.35. The molecule has 1 aliphatic rings. The number of piperidine rings is 1. The number of nitrogens with zero attached hydrogens (tertiary/aromatic N) is 2. The van der Waals surface area contributed by atoms with Crippen molar-refractivity contribution in [2.24, 2.45) is 11.7 Å². The van der Waals surface area contributed by atoms with Crippen LogP contribution in [0, 0.1) is 18.3 Å². The van der Waals surface area contributed by atoms with E-state index < -0.39 is 12.1 Å². The van der Waals surface area contributed by atoms with Gasteiger partial charge in [-0.15, -0.1) is 0 Å². The minimum Gasteiger partial charge on any atom is -0.384 e. The molecular formula is C13H17F3N4. The second-order valence-corrected chi connectivity index (χ2v) is 5.07. The van der Waals surface area contributed by atoms with Gasteiger partial charge in [-0.05, 0) is 31.4 Å². The number of rotatable bonds is 2. The molecule has 0 bridgehead atoms. The van der Waals surface area contributed by atoms with E-state index >= 15 is 0 Å². The molecule has 1 atom stereocenters. The number of nitrogen functional groups attached to an aromatic ring is 1. The predicted octanol–water partition coefficient (Wildman–Crippen LogP) is 2.45. The maximum absolute atomic E-state index is 12.9. The number of anilines is 1. The molecular weight excluding hydrogens is 269 g/mol. The molecule has 0 amide bonds. The molecule has 1 aromatic heterocycles. The summed E-state index contributed by atoms with van der Waals surface area (Å²) in [6, 6.07) is 1.70. The van der Waals surface area contributed by atoms with Gasteiger partial charge in [0.2, 0.25) is 0 Å². The Morgan fingerprint density at radius 1 is 1.50 bits per heavy atom. The number of hydrogen-bond acceptors (Lipinski definition) is 3. The molecule has 2 rings (SSSR count). The summed E-state index contributed by atoms with van der Waals surface area (Å²) in [5.41, 5.74) is 6.71. The van der Waals surface area contributed by atoms with Crippen molar-refractivity contribution in [3.63, 3.8) is 0 Å². The van der Waals surface area contributed by atoms with E-state index in [1.54, 1.807) is 17.9 Å². The molecule has 1 unspecified atom stereocenters. The van der Waals surface area contributed by atoms with Crippen molar-refractivity contribution in [2.45, 2.75) is 25.9 Å². The fourth-order valence-corrected chi connectivity index (χ4v) is 2.55. The fraction of sp³-hybridized carbons (Fsp3) is 0.538. The van der Waals surface area contributed by atoms with Gasteiger partial charge in [0.1, 0.15) is 11.7 Å². The molecule has 0 radical (unpaired) electrons. The molecule has 1 saturated heterocycles. The van der Waals surface area contributed by atoms with Gasteiger partial charge in [0.15, 0.2) is 0 Å². The molecule has 1 fully saturated rings. The molecule has 3 N–H and O–H groups in total. The Hall–Kier alpha value is -1.79. The highest BCUT2D eigenvalue weighted by atomic mass is 19.4. The monoisotopic (exact) mass is 286 g/mol. The molecule has 7 heteroatoms. The van der Waals surface area contributed by atoms with Crippen LogP contribution in [0.15, 0.2) is 12.3 Å². The van der Waals surface area contributed by atoms with Crippen LogP contribution in [0.4, 0.5) is 19.0 Å². The summed E-state index contributed by atoms with van der Waals surface area (Å²) in [5.74, 6) is -1.13. The lowest BCUT2D eigenvalue weighted by atomic mass is 9.96. The average Bonchev–Trinajstić information content (AvgIpc) is 2.37. The number of aryl methyl sites for hydroxylation is 1. The maximum atomic E-state index is 12.9. The van der Waals surface area contributed by atoms with E-state index in [0.29, 0.717) is 24.3 Å². The van der Waals surface area contributed by atoms with Crippen molar-refractivity contribution in [1.29, 1.82) is 5.41 Å². The lowest BCUT2D eigenvalue weighted by molar-refractivity contribution is -0.176. The summed E-state index contributed by atoms with van der Waals surface area (Å²) in [6.45, 7) is 2.15. The van der Waals surface area contributed by atoms with Gasteiger partial charge in [-0.25, -0.2) is 4.98 Å². The van der Waals surface area contributed by atoms with Gasteiger partial charge >= 0.3 is 6.18 Å². The zero-order valence-electron chi connectivity index (χ0n) is 11.2. The van der Waals surface area contributed by atoms with Crippen LogP contribution < -0.4 is 10.6 Å². The van der Waals surface area contributed by atoms with Gasteiger partial charge in [0.25, 0.3) is 0 Å². The first-order chi connectivity index (χ1) is 9.30. The van der Waals surface area contributed by atoms with Crippen LogP contribution in [0.5, 0.6) is 0 Å². The second kappa shape index (κ2) is 5.30. The van der Waals surface area contributed by atoms with Crippen LogP contribution in [0.25, 0.3) is 0 Å². The largest absolute Gasteiger partial charge is 0.393 e. The number of halogens is 3. The molecule has 0 spiro atoms. The first-order valence-corrected chi connectivity index (χ1v) is 6.42. The summed E-state index contributed by atoms with van der Waals surface area (Å²) in [5, 5.41) is 7.60. The molecule has 20 heavy (non-hydrogen) atoms. The third kappa shape index (κ3) is 2.86. The van der Waals surface area contributed by atoms with Crippen molar-refractivity contribution < 1.29 is 13.2 Å². The molecule has 2 heterocycles. The lowest BCUT2D eigenvalue weighted by Gasteiger charge is -2.35. The summed E-state index contributed by atoms with van der Waals surface area (Å²) < 4.78 is 38.6. The number of hydrogen-bond donors (Lipinski definition) is 2. The van der Waals surface area contributed by atoms with Crippen LogP contribution >= 0.6 is 0 Å². The summed E-state index contributed by atoms with van der Waals surface area (Å²) in [4.78, 5) is 5.73. The van der Waals surface area contributed by atoms with Crippen LogP contribution in [0.2, 0.25) is 0 Å². The Morgan fingerprint density at radius 3 is 2.80 bits per heavy atom. The predicted molar refractivity (Wildman–Crippen MR) is 71.0 cm³/mol. The molecule has 4 nitrogen and oxygen atoms in total. The minimum atomic E-state index is -4.20. The van der Waals surface area contributed by atoms with Crippen molar-refractivity contribution in [3.05, 3.63) is 23.4 Å². The zero-order valence-corrected chi connectivity index (χ0v) is 11.2. The Labute approximate surface area is 115 Å². The number of nitrogens with one attached hydrogen (secondary N) is 1. The SMILES string of the molecule is Cc1ccnc(N2CCCC(C(F)(F)F)C2)c1C(=N)N. The first kappa shape index (κ1) is 14.6. The number of aromatic nitrogens is 1. The number of alkyl halides is 3. The van der Waals surface area contributed by atoms with Crippen molar-refractivity contribution in [2.75, 3.05) is 18.0 Å². The highest BCUT2D eigenvalue weighted by molar-refractivity contribution is 6.01.